The zero-order chi connectivity index (χ0) is 17.5. The van der Waals surface area contributed by atoms with Crippen molar-refractivity contribution < 1.29 is 4.74 Å². The Labute approximate surface area is 153 Å². The molecule has 0 atom stereocenters. The highest BCUT2D eigenvalue weighted by Crippen LogP contribution is 2.51. The quantitative estimate of drug-likeness (QED) is 0.590. The van der Waals surface area contributed by atoms with Crippen molar-refractivity contribution >= 4 is 17.7 Å². The molecule has 0 saturated heterocycles. The van der Waals surface area contributed by atoms with Crippen LogP contribution in [-0.2, 0) is 6.54 Å². The smallest absolute Gasteiger partial charge is 0.213 e. The number of hydrogen-bond donors (Lipinski definition) is 2. The van der Waals surface area contributed by atoms with Crippen LogP contribution in [0.3, 0.4) is 0 Å². The van der Waals surface area contributed by atoms with Crippen molar-refractivity contribution in [2.75, 3.05) is 20.7 Å². The van der Waals surface area contributed by atoms with Gasteiger partial charge in [-0.05, 0) is 36.6 Å². The zero-order valence-electron chi connectivity index (χ0n) is 14.7. The van der Waals surface area contributed by atoms with Gasteiger partial charge >= 0.3 is 0 Å². The fraction of sp³-hybridized carbons (Fsp3) is 0.368. The van der Waals surface area contributed by atoms with E-state index >= 15 is 0 Å². The Morgan fingerprint density at radius 2 is 2.04 bits per heavy atom. The van der Waals surface area contributed by atoms with Gasteiger partial charge < -0.3 is 15.4 Å². The summed E-state index contributed by atoms with van der Waals surface area (Å²) in [6, 6.07) is 14.5. The van der Waals surface area contributed by atoms with E-state index in [-0.39, 0.29) is 0 Å². The van der Waals surface area contributed by atoms with E-state index in [1.807, 2.05) is 23.9 Å². The van der Waals surface area contributed by atoms with Crippen LogP contribution in [-0.4, -0.2) is 36.4 Å². The van der Waals surface area contributed by atoms with Crippen molar-refractivity contribution in [2.45, 2.75) is 29.0 Å². The van der Waals surface area contributed by atoms with Gasteiger partial charge in [-0.2, -0.15) is 0 Å². The minimum Gasteiger partial charge on any atom is -0.481 e. The molecule has 5 nitrogen and oxygen atoms in total. The highest BCUT2D eigenvalue weighted by molar-refractivity contribution is 8.01. The summed E-state index contributed by atoms with van der Waals surface area (Å²) in [4.78, 5) is 9.77. The van der Waals surface area contributed by atoms with Crippen LogP contribution in [0.25, 0.3) is 0 Å². The minimum absolute atomic E-state index is 0.291. The molecule has 1 saturated carbocycles. The van der Waals surface area contributed by atoms with Crippen LogP contribution < -0.4 is 15.4 Å². The second-order valence-electron chi connectivity index (χ2n) is 6.08. The van der Waals surface area contributed by atoms with Gasteiger partial charge in [0.05, 0.1) is 7.11 Å². The van der Waals surface area contributed by atoms with Crippen LogP contribution in [0.15, 0.2) is 58.5 Å². The normalized spacial score (nSPS) is 15.5. The summed E-state index contributed by atoms with van der Waals surface area (Å²) in [6.45, 7) is 1.59. The summed E-state index contributed by atoms with van der Waals surface area (Å²) in [7, 11) is 3.42. The number of aromatic nitrogens is 1. The first-order valence-corrected chi connectivity index (χ1v) is 9.22. The molecule has 1 fully saturated rings. The number of thioether (sulfide) groups is 1. The van der Waals surface area contributed by atoms with E-state index in [0.29, 0.717) is 17.2 Å². The van der Waals surface area contributed by atoms with E-state index in [1.54, 1.807) is 20.4 Å². The fourth-order valence-electron chi connectivity index (χ4n) is 2.52. The predicted octanol–water partition coefficient (Wildman–Crippen LogP) is 3.08. The molecule has 0 bridgehead atoms. The van der Waals surface area contributed by atoms with Gasteiger partial charge in [-0.25, -0.2) is 4.98 Å². The molecule has 1 aliphatic carbocycles. The van der Waals surface area contributed by atoms with Crippen LogP contribution in [0.2, 0.25) is 0 Å². The first-order chi connectivity index (χ1) is 12.2. The molecule has 0 radical (unpaired) electrons. The average Bonchev–Trinajstić information content (AvgIpc) is 3.42. The molecule has 25 heavy (non-hydrogen) atoms. The maximum Gasteiger partial charge on any atom is 0.213 e. The number of pyridine rings is 1. The van der Waals surface area contributed by atoms with Gasteiger partial charge in [0.1, 0.15) is 0 Å². The van der Waals surface area contributed by atoms with Gasteiger partial charge in [0.25, 0.3) is 0 Å². The number of guanidine groups is 1. The second kappa shape index (κ2) is 8.25. The molecule has 3 rings (SSSR count). The third-order valence-corrected chi connectivity index (χ3v) is 5.65. The maximum atomic E-state index is 5.16. The third kappa shape index (κ3) is 5.13. The molecular formula is C19H24N4OS. The van der Waals surface area contributed by atoms with E-state index < -0.39 is 0 Å². The summed E-state index contributed by atoms with van der Waals surface area (Å²) < 4.78 is 5.45. The zero-order valence-corrected chi connectivity index (χ0v) is 15.5. The lowest BCUT2D eigenvalue weighted by molar-refractivity contribution is 0.397. The lowest BCUT2D eigenvalue weighted by atomic mass is 10.2. The van der Waals surface area contributed by atoms with Crippen LogP contribution in [0.1, 0.15) is 18.4 Å². The Kier molecular flexibility index (Phi) is 5.81. The fourth-order valence-corrected chi connectivity index (χ4v) is 3.76. The van der Waals surface area contributed by atoms with Crippen molar-refractivity contribution in [3.05, 3.63) is 54.2 Å². The molecule has 1 aromatic heterocycles. The molecule has 1 aliphatic rings. The largest absolute Gasteiger partial charge is 0.481 e. The Balaban J connectivity index is 1.49. The Morgan fingerprint density at radius 3 is 2.72 bits per heavy atom. The highest BCUT2D eigenvalue weighted by Gasteiger charge is 2.43. The third-order valence-electron chi connectivity index (χ3n) is 4.16. The predicted molar refractivity (Wildman–Crippen MR) is 103 cm³/mol. The van der Waals surface area contributed by atoms with E-state index in [1.165, 1.54) is 17.7 Å². The lowest BCUT2D eigenvalue weighted by Gasteiger charge is -2.18. The van der Waals surface area contributed by atoms with E-state index in [9.17, 15) is 0 Å². The molecule has 1 heterocycles. The number of nitrogens with one attached hydrogen (secondary N) is 2. The number of ether oxygens (including phenoxy) is 1. The number of aliphatic imine (C=N–C) groups is 1. The highest BCUT2D eigenvalue weighted by atomic mass is 32.2. The molecule has 6 heteroatoms. The summed E-state index contributed by atoms with van der Waals surface area (Å²) in [6.07, 6.45) is 4.22. The first-order valence-electron chi connectivity index (χ1n) is 8.40. The Morgan fingerprint density at radius 1 is 1.24 bits per heavy atom. The topological polar surface area (TPSA) is 58.5 Å². The summed E-state index contributed by atoms with van der Waals surface area (Å²) in [5.41, 5.74) is 1.11. The number of benzene rings is 1. The van der Waals surface area contributed by atoms with Crippen LogP contribution >= 0.6 is 11.8 Å². The van der Waals surface area contributed by atoms with Crippen molar-refractivity contribution in [3.63, 3.8) is 0 Å². The van der Waals surface area contributed by atoms with Gasteiger partial charge in [0, 0.05) is 42.0 Å². The molecule has 132 valence electrons. The van der Waals surface area contributed by atoms with Gasteiger partial charge in [-0.15, -0.1) is 11.8 Å². The monoisotopic (exact) mass is 356 g/mol. The van der Waals surface area contributed by atoms with Gasteiger partial charge in [-0.1, -0.05) is 18.2 Å². The number of nitrogens with zero attached hydrogens (tertiary/aromatic N) is 2. The van der Waals surface area contributed by atoms with E-state index in [4.69, 9.17) is 4.74 Å². The van der Waals surface area contributed by atoms with Crippen LogP contribution in [0.5, 0.6) is 5.88 Å². The number of rotatable bonds is 7. The van der Waals surface area contributed by atoms with Crippen molar-refractivity contribution in [1.29, 1.82) is 0 Å². The summed E-state index contributed by atoms with van der Waals surface area (Å²) >= 11 is 1.96. The van der Waals surface area contributed by atoms with Gasteiger partial charge in [0.2, 0.25) is 5.88 Å². The second-order valence-corrected chi connectivity index (χ2v) is 7.63. The van der Waals surface area contributed by atoms with Gasteiger partial charge in [-0.3, -0.25) is 4.99 Å². The molecule has 0 amide bonds. The van der Waals surface area contributed by atoms with Gasteiger partial charge in [0.15, 0.2) is 5.96 Å². The lowest BCUT2D eigenvalue weighted by Crippen LogP contribution is -2.40. The van der Waals surface area contributed by atoms with Crippen molar-refractivity contribution in [3.8, 4) is 5.88 Å². The molecule has 1 aromatic carbocycles. The Hall–Kier alpha value is -2.21. The number of methoxy groups -OCH3 is 1. The molecule has 0 spiro atoms. The molecular weight excluding hydrogens is 332 g/mol. The summed E-state index contributed by atoms with van der Waals surface area (Å²) in [5, 5.41) is 6.81. The van der Waals surface area contributed by atoms with Crippen molar-refractivity contribution in [2.24, 2.45) is 4.99 Å². The minimum atomic E-state index is 0.291. The molecule has 0 unspecified atom stereocenters. The van der Waals surface area contributed by atoms with Crippen LogP contribution in [0.4, 0.5) is 0 Å². The van der Waals surface area contributed by atoms with E-state index in [2.05, 4.69) is 50.9 Å². The SMILES string of the molecule is CN=C(NCc1ccnc(OC)c1)NCC1(Sc2ccccc2)CC1. The maximum absolute atomic E-state index is 5.16. The molecule has 2 N–H and O–H groups in total. The van der Waals surface area contributed by atoms with Crippen molar-refractivity contribution in [1.82, 2.24) is 15.6 Å². The average molecular weight is 356 g/mol. The molecule has 2 aromatic rings. The molecule has 0 aliphatic heterocycles. The summed E-state index contributed by atoms with van der Waals surface area (Å²) in [5.74, 6) is 1.44. The standard InChI is InChI=1S/C19H24N4OS/c1-20-18(22-13-15-8-11-21-17(12-15)24-2)23-14-19(9-10-19)25-16-6-4-3-5-7-16/h3-8,11-12H,9-10,13-14H2,1-2H3,(H2,20,22,23). The first kappa shape index (κ1) is 17.6. The van der Waals surface area contributed by atoms with Crippen LogP contribution in [0, 0.1) is 0 Å². The number of hydrogen-bond acceptors (Lipinski definition) is 4. The Bertz CT molecular complexity index is 716. The van der Waals surface area contributed by atoms with E-state index in [0.717, 1.165) is 18.1 Å².